The highest BCUT2D eigenvalue weighted by molar-refractivity contribution is 7.10. The van der Waals surface area contributed by atoms with E-state index in [1.54, 1.807) is 23.6 Å². The predicted octanol–water partition coefficient (Wildman–Crippen LogP) is 4.45. The smallest absolute Gasteiger partial charge is 0.0992 e. The van der Waals surface area contributed by atoms with Crippen LogP contribution >= 0.6 is 22.9 Å². The van der Waals surface area contributed by atoms with Gasteiger partial charge in [-0.25, -0.2) is 4.98 Å². The maximum absolute atomic E-state index is 5.96. The number of benzene rings is 1. The summed E-state index contributed by atoms with van der Waals surface area (Å²) in [5.41, 5.74) is 3.10. The van der Waals surface area contributed by atoms with E-state index in [-0.39, 0.29) is 0 Å². The van der Waals surface area contributed by atoms with E-state index in [1.165, 1.54) is 0 Å². The number of halogens is 1. The summed E-state index contributed by atoms with van der Waals surface area (Å²) < 4.78 is 0. The van der Waals surface area contributed by atoms with Gasteiger partial charge in [-0.1, -0.05) is 41.9 Å². The zero-order valence-corrected chi connectivity index (χ0v) is 11.7. The number of nitrogens with zero attached hydrogens (tertiary/aromatic N) is 2. The number of hydrogen-bond donors (Lipinski definition) is 0. The van der Waals surface area contributed by atoms with E-state index < -0.39 is 0 Å². The summed E-state index contributed by atoms with van der Waals surface area (Å²) in [6, 6.07) is 13.8. The third-order valence-electron chi connectivity index (χ3n) is 2.73. The first-order valence-electron chi connectivity index (χ1n) is 5.91. The lowest BCUT2D eigenvalue weighted by Gasteiger charge is -1.98. The molecule has 0 unspecified atom stereocenters. The molecule has 0 N–H and O–H groups in total. The van der Waals surface area contributed by atoms with Crippen molar-refractivity contribution in [2.75, 3.05) is 0 Å². The van der Waals surface area contributed by atoms with Crippen molar-refractivity contribution in [3.63, 3.8) is 0 Å². The van der Waals surface area contributed by atoms with E-state index in [2.05, 4.69) is 27.5 Å². The SMILES string of the molecule is Clc1ccnc(Cc2nc(-c3ccccc3)cs2)c1. The molecule has 0 aliphatic carbocycles. The summed E-state index contributed by atoms with van der Waals surface area (Å²) in [5.74, 6) is 0. The maximum Gasteiger partial charge on any atom is 0.0992 e. The van der Waals surface area contributed by atoms with Crippen LogP contribution in [-0.4, -0.2) is 9.97 Å². The standard InChI is InChI=1S/C15H11ClN2S/c16-12-6-7-17-13(8-12)9-15-18-14(10-19-15)11-4-2-1-3-5-11/h1-8,10H,9H2. The fourth-order valence-electron chi connectivity index (χ4n) is 1.83. The van der Waals surface area contributed by atoms with Gasteiger partial charge in [0.25, 0.3) is 0 Å². The Bertz CT molecular complexity index is 679. The minimum Gasteiger partial charge on any atom is -0.261 e. The van der Waals surface area contributed by atoms with Gasteiger partial charge >= 0.3 is 0 Å². The van der Waals surface area contributed by atoms with E-state index in [1.807, 2.05) is 24.3 Å². The molecule has 0 saturated carbocycles. The van der Waals surface area contributed by atoms with Crippen molar-refractivity contribution in [3.8, 4) is 11.3 Å². The molecule has 19 heavy (non-hydrogen) atoms. The second-order valence-electron chi connectivity index (χ2n) is 4.13. The van der Waals surface area contributed by atoms with Crippen molar-refractivity contribution < 1.29 is 0 Å². The van der Waals surface area contributed by atoms with Crippen LogP contribution in [-0.2, 0) is 6.42 Å². The highest BCUT2D eigenvalue weighted by atomic mass is 35.5. The summed E-state index contributed by atoms with van der Waals surface area (Å²) in [6.45, 7) is 0. The minimum atomic E-state index is 0.713. The van der Waals surface area contributed by atoms with Crippen LogP contribution < -0.4 is 0 Å². The number of hydrogen-bond acceptors (Lipinski definition) is 3. The molecule has 3 aromatic rings. The summed E-state index contributed by atoms with van der Waals surface area (Å²) >= 11 is 7.61. The fourth-order valence-corrected chi connectivity index (χ4v) is 2.83. The molecular formula is C15H11ClN2S. The van der Waals surface area contributed by atoms with Crippen molar-refractivity contribution >= 4 is 22.9 Å². The van der Waals surface area contributed by atoms with Crippen LogP contribution in [0.2, 0.25) is 5.02 Å². The molecule has 0 aliphatic rings. The average Bonchev–Trinajstić information content (AvgIpc) is 2.88. The molecule has 0 spiro atoms. The van der Waals surface area contributed by atoms with Gasteiger partial charge in [-0.15, -0.1) is 11.3 Å². The summed E-state index contributed by atoms with van der Waals surface area (Å²) in [6.07, 6.45) is 2.45. The second-order valence-corrected chi connectivity index (χ2v) is 5.51. The number of rotatable bonds is 3. The van der Waals surface area contributed by atoms with Gasteiger partial charge in [-0.2, -0.15) is 0 Å². The molecule has 0 aliphatic heterocycles. The molecule has 0 atom stereocenters. The summed E-state index contributed by atoms with van der Waals surface area (Å²) in [7, 11) is 0. The molecule has 1 aromatic carbocycles. The number of aromatic nitrogens is 2. The van der Waals surface area contributed by atoms with Gasteiger partial charge in [-0.3, -0.25) is 4.98 Å². The zero-order valence-electron chi connectivity index (χ0n) is 10.1. The molecule has 0 radical (unpaired) electrons. The molecule has 2 aromatic heterocycles. The molecule has 0 fully saturated rings. The van der Waals surface area contributed by atoms with Crippen molar-refractivity contribution in [1.82, 2.24) is 9.97 Å². The Balaban J connectivity index is 1.82. The Morgan fingerprint density at radius 2 is 1.95 bits per heavy atom. The van der Waals surface area contributed by atoms with Crippen LogP contribution in [0.1, 0.15) is 10.7 Å². The molecular weight excluding hydrogens is 276 g/mol. The molecule has 2 heterocycles. The van der Waals surface area contributed by atoms with Gasteiger partial charge in [0.15, 0.2) is 0 Å². The highest BCUT2D eigenvalue weighted by Crippen LogP contribution is 2.23. The Morgan fingerprint density at radius 1 is 1.11 bits per heavy atom. The summed E-state index contributed by atoms with van der Waals surface area (Å²) in [5, 5.41) is 3.84. The molecule has 2 nitrogen and oxygen atoms in total. The molecule has 4 heteroatoms. The first kappa shape index (κ1) is 12.3. The van der Waals surface area contributed by atoms with Gasteiger partial charge in [0.1, 0.15) is 0 Å². The van der Waals surface area contributed by atoms with E-state index in [9.17, 15) is 0 Å². The predicted molar refractivity (Wildman–Crippen MR) is 79.6 cm³/mol. The van der Waals surface area contributed by atoms with Crippen molar-refractivity contribution in [3.05, 3.63) is 69.8 Å². The van der Waals surface area contributed by atoms with Crippen LogP contribution in [0.3, 0.4) is 0 Å². The first-order chi connectivity index (χ1) is 9.31. The van der Waals surface area contributed by atoms with Gasteiger partial charge < -0.3 is 0 Å². The van der Waals surface area contributed by atoms with Crippen LogP contribution in [0.15, 0.2) is 54.0 Å². The van der Waals surface area contributed by atoms with Gasteiger partial charge in [-0.05, 0) is 12.1 Å². The topological polar surface area (TPSA) is 25.8 Å². The van der Waals surface area contributed by atoms with Crippen LogP contribution in [0, 0.1) is 0 Å². The Morgan fingerprint density at radius 3 is 2.74 bits per heavy atom. The van der Waals surface area contributed by atoms with E-state index in [4.69, 9.17) is 11.6 Å². The fraction of sp³-hybridized carbons (Fsp3) is 0.0667. The van der Waals surface area contributed by atoms with E-state index in [0.717, 1.165) is 28.4 Å². The van der Waals surface area contributed by atoms with Gasteiger partial charge in [0.2, 0.25) is 0 Å². The number of pyridine rings is 1. The lowest BCUT2D eigenvalue weighted by Crippen LogP contribution is -1.91. The van der Waals surface area contributed by atoms with Crippen LogP contribution in [0.25, 0.3) is 11.3 Å². The minimum absolute atomic E-state index is 0.713. The third kappa shape index (κ3) is 3.00. The van der Waals surface area contributed by atoms with Crippen molar-refractivity contribution in [1.29, 1.82) is 0 Å². The van der Waals surface area contributed by atoms with Crippen molar-refractivity contribution in [2.24, 2.45) is 0 Å². The maximum atomic E-state index is 5.96. The molecule has 3 rings (SSSR count). The first-order valence-corrected chi connectivity index (χ1v) is 7.17. The Kier molecular flexibility index (Phi) is 3.58. The lowest BCUT2D eigenvalue weighted by atomic mass is 10.2. The normalized spacial score (nSPS) is 10.6. The van der Waals surface area contributed by atoms with Gasteiger partial charge in [0, 0.05) is 34.3 Å². The van der Waals surface area contributed by atoms with E-state index in [0.29, 0.717) is 5.02 Å². The number of thiazole rings is 1. The average molecular weight is 287 g/mol. The molecule has 0 amide bonds. The highest BCUT2D eigenvalue weighted by Gasteiger charge is 2.06. The van der Waals surface area contributed by atoms with Crippen LogP contribution in [0.5, 0.6) is 0 Å². The summed E-state index contributed by atoms with van der Waals surface area (Å²) in [4.78, 5) is 8.94. The molecule has 94 valence electrons. The monoisotopic (exact) mass is 286 g/mol. The Labute approximate surface area is 120 Å². The Hall–Kier alpha value is -1.71. The largest absolute Gasteiger partial charge is 0.261 e. The van der Waals surface area contributed by atoms with Gasteiger partial charge in [0.05, 0.1) is 10.7 Å². The quantitative estimate of drug-likeness (QED) is 0.711. The molecule has 0 bridgehead atoms. The third-order valence-corrected chi connectivity index (χ3v) is 3.82. The molecule has 0 saturated heterocycles. The lowest BCUT2D eigenvalue weighted by molar-refractivity contribution is 1.05. The van der Waals surface area contributed by atoms with E-state index >= 15 is 0 Å². The zero-order chi connectivity index (χ0) is 13.1. The second kappa shape index (κ2) is 5.51. The van der Waals surface area contributed by atoms with Crippen LogP contribution in [0.4, 0.5) is 0 Å². The van der Waals surface area contributed by atoms with Crippen molar-refractivity contribution in [2.45, 2.75) is 6.42 Å².